The molecule has 0 heterocycles. The highest BCUT2D eigenvalue weighted by atomic mass is 32.2. The summed E-state index contributed by atoms with van der Waals surface area (Å²) < 4.78 is 31.6. The quantitative estimate of drug-likeness (QED) is 0.405. The summed E-state index contributed by atoms with van der Waals surface area (Å²) in [5.41, 5.74) is 1.84. The lowest BCUT2D eigenvalue weighted by atomic mass is 10.1. The molecule has 0 unspecified atom stereocenters. The Hall–Kier alpha value is -3.04. The summed E-state index contributed by atoms with van der Waals surface area (Å²) in [6.07, 6.45) is 0.944. The second-order valence-electron chi connectivity index (χ2n) is 6.92. The summed E-state index contributed by atoms with van der Waals surface area (Å²) in [5.74, 6) is -1.20. The second kappa shape index (κ2) is 11.4. The first-order valence-electron chi connectivity index (χ1n) is 9.86. The molecule has 0 aliphatic rings. The van der Waals surface area contributed by atoms with Crippen molar-refractivity contribution in [2.24, 2.45) is 0 Å². The van der Waals surface area contributed by atoms with Crippen molar-refractivity contribution in [2.75, 3.05) is 18.5 Å². The molecule has 0 saturated carbocycles. The molecule has 0 aromatic heterocycles. The molecule has 1 amide bonds. The molecule has 0 saturated heterocycles. The smallest absolute Gasteiger partial charge is 0.307 e. The number of benzene rings is 2. The number of carbonyl (C=O) groups is 3. The van der Waals surface area contributed by atoms with Gasteiger partial charge in [0.1, 0.15) is 0 Å². The zero-order valence-corrected chi connectivity index (χ0v) is 18.3. The molecule has 8 nitrogen and oxygen atoms in total. The minimum atomic E-state index is -3.72. The van der Waals surface area contributed by atoms with Crippen LogP contribution in [0.3, 0.4) is 0 Å². The Bertz CT molecular complexity index is 1010. The van der Waals surface area contributed by atoms with Gasteiger partial charge in [0.2, 0.25) is 15.9 Å². The van der Waals surface area contributed by atoms with Crippen LogP contribution in [0.4, 0.5) is 5.69 Å². The highest BCUT2D eigenvalue weighted by Gasteiger charge is 2.15. The summed E-state index contributed by atoms with van der Waals surface area (Å²) in [5, 5.41) is 2.72. The number of amides is 1. The predicted molar refractivity (Wildman–Crippen MR) is 116 cm³/mol. The standard InChI is InChI=1S/C22H26N2O6S/c1-3-4-21(26)24-18-9-7-17(8-10-18)20(25)15-30-22(27)13-14-23-31(28,29)19-11-5-16(2)6-12-19/h5-12,23H,3-4,13-15H2,1-2H3,(H,24,26). The largest absolute Gasteiger partial charge is 0.457 e. The van der Waals surface area contributed by atoms with E-state index in [9.17, 15) is 22.8 Å². The number of hydrogen-bond acceptors (Lipinski definition) is 6. The highest BCUT2D eigenvalue weighted by molar-refractivity contribution is 7.89. The van der Waals surface area contributed by atoms with Gasteiger partial charge < -0.3 is 10.1 Å². The van der Waals surface area contributed by atoms with Crippen LogP contribution in [0.15, 0.2) is 53.4 Å². The maximum absolute atomic E-state index is 12.2. The average Bonchev–Trinajstić information content (AvgIpc) is 2.73. The molecule has 31 heavy (non-hydrogen) atoms. The van der Waals surface area contributed by atoms with Crippen LogP contribution in [-0.2, 0) is 24.3 Å². The van der Waals surface area contributed by atoms with E-state index in [1.54, 1.807) is 24.3 Å². The molecular formula is C22H26N2O6S. The molecule has 9 heteroatoms. The molecule has 2 aromatic carbocycles. The number of aryl methyl sites for hydroxylation is 1. The summed E-state index contributed by atoms with van der Waals surface area (Å²) in [6, 6.07) is 12.6. The molecule has 2 rings (SSSR count). The van der Waals surface area contributed by atoms with Crippen LogP contribution in [0.1, 0.15) is 42.1 Å². The number of Topliss-reactive ketones (excluding diaryl/α,β-unsaturated/α-hetero) is 1. The Morgan fingerprint density at radius 2 is 1.58 bits per heavy atom. The van der Waals surface area contributed by atoms with Gasteiger partial charge in [0.15, 0.2) is 12.4 Å². The van der Waals surface area contributed by atoms with Gasteiger partial charge in [-0.1, -0.05) is 24.6 Å². The van der Waals surface area contributed by atoms with E-state index in [1.165, 1.54) is 24.3 Å². The van der Waals surface area contributed by atoms with E-state index >= 15 is 0 Å². The number of anilines is 1. The van der Waals surface area contributed by atoms with Crippen molar-refractivity contribution >= 4 is 33.4 Å². The van der Waals surface area contributed by atoms with Gasteiger partial charge >= 0.3 is 5.97 Å². The van der Waals surface area contributed by atoms with Crippen molar-refractivity contribution in [2.45, 2.75) is 38.0 Å². The van der Waals surface area contributed by atoms with E-state index in [2.05, 4.69) is 10.0 Å². The van der Waals surface area contributed by atoms with E-state index in [-0.39, 0.29) is 23.8 Å². The molecule has 0 radical (unpaired) electrons. The van der Waals surface area contributed by atoms with Crippen molar-refractivity contribution in [3.63, 3.8) is 0 Å². The summed E-state index contributed by atoms with van der Waals surface area (Å²) in [6.45, 7) is 3.16. The van der Waals surface area contributed by atoms with E-state index in [0.29, 0.717) is 17.7 Å². The first kappa shape index (κ1) is 24.2. The predicted octanol–water partition coefficient (Wildman–Crippen LogP) is 2.83. The van der Waals surface area contributed by atoms with Gasteiger partial charge in [0, 0.05) is 24.2 Å². The zero-order chi connectivity index (χ0) is 22.9. The van der Waals surface area contributed by atoms with Crippen LogP contribution in [0.5, 0.6) is 0 Å². The molecule has 0 atom stereocenters. The summed E-state index contributed by atoms with van der Waals surface area (Å²) in [4.78, 5) is 35.7. The molecule has 2 N–H and O–H groups in total. The van der Waals surface area contributed by atoms with Crippen molar-refractivity contribution in [3.05, 3.63) is 59.7 Å². The van der Waals surface area contributed by atoms with Crippen molar-refractivity contribution in [1.82, 2.24) is 4.72 Å². The second-order valence-corrected chi connectivity index (χ2v) is 8.69. The van der Waals surface area contributed by atoms with Crippen LogP contribution in [0.2, 0.25) is 0 Å². The molecular weight excluding hydrogens is 420 g/mol. The van der Waals surface area contributed by atoms with Crippen LogP contribution in [0.25, 0.3) is 0 Å². The molecule has 0 aliphatic heterocycles. The normalized spacial score (nSPS) is 11.0. The average molecular weight is 447 g/mol. The lowest BCUT2D eigenvalue weighted by Gasteiger charge is -2.08. The van der Waals surface area contributed by atoms with E-state index in [1.807, 2.05) is 13.8 Å². The van der Waals surface area contributed by atoms with E-state index in [0.717, 1.165) is 12.0 Å². The van der Waals surface area contributed by atoms with Gasteiger partial charge in [-0.3, -0.25) is 14.4 Å². The number of ketones is 1. The molecule has 0 fully saturated rings. The van der Waals surface area contributed by atoms with Crippen molar-refractivity contribution in [3.8, 4) is 0 Å². The topological polar surface area (TPSA) is 119 Å². The van der Waals surface area contributed by atoms with Crippen LogP contribution in [-0.4, -0.2) is 39.2 Å². The van der Waals surface area contributed by atoms with Crippen LogP contribution in [0, 0.1) is 6.92 Å². The Morgan fingerprint density at radius 3 is 2.19 bits per heavy atom. The number of carbonyl (C=O) groups excluding carboxylic acids is 3. The third kappa shape index (κ3) is 7.95. The molecule has 0 aliphatic carbocycles. The number of esters is 1. The fourth-order valence-corrected chi connectivity index (χ4v) is 3.61. The number of ether oxygens (including phenoxy) is 1. The Morgan fingerprint density at radius 1 is 0.935 bits per heavy atom. The van der Waals surface area contributed by atoms with E-state index < -0.39 is 28.4 Å². The fraction of sp³-hybridized carbons (Fsp3) is 0.318. The molecule has 0 bridgehead atoms. The van der Waals surface area contributed by atoms with Crippen LogP contribution >= 0.6 is 0 Å². The van der Waals surface area contributed by atoms with E-state index in [4.69, 9.17) is 4.74 Å². The number of nitrogens with one attached hydrogen (secondary N) is 2. The number of rotatable bonds is 11. The van der Waals surface area contributed by atoms with Gasteiger partial charge in [0.25, 0.3) is 0 Å². The Kier molecular flexibility index (Phi) is 8.89. The first-order valence-corrected chi connectivity index (χ1v) is 11.3. The third-order valence-corrected chi connectivity index (χ3v) is 5.76. The van der Waals surface area contributed by atoms with Gasteiger partial charge in [-0.15, -0.1) is 0 Å². The molecule has 2 aromatic rings. The van der Waals surface area contributed by atoms with Gasteiger partial charge in [-0.25, -0.2) is 13.1 Å². The lowest BCUT2D eigenvalue weighted by molar-refractivity contribution is -0.142. The number of sulfonamides is 1. The lowest BCUT2D eigenvalue weighted by Crippen LogP contribution is -2.27. The monoisotopic (exact) mass is 446 g/mol. The fourth-order valence-electron chi connectivity index (χ4n) is 2.58. The maximum atomic E-state index is 12.2. The van der Waals surface area contributed by atoms with Crippen molar-refractivity contribution in [1.29, 1.82) is 0 Å². The van der Waals surface area contributed by atoms with Crippen LogP contribution < -0.4 is 10.0 Å². The third-order valence-electron chi connectivity index (χ3n) is 4.28. The minimum absolute atomic E-state index is 0.103. The minimum Gasteiger partial charge on any atom is -0.457 e. The Labute approximate surface area is 182 Å². The van der Waals surface area contributed by atoms with Gasteiger partial charge in [-0.05, 0) is 49.7 Å². The summed E-state index contributed by atoms with van der Waals surface area (Å²) >= 11 is 0. The highest BCUT2D eigenvalue weighted by Crippen LogP contribution is 2.12. The molecule has 166 valence electrons. The SMILES string of the molecule is CCCC(=O)Nc1ccc(C(=O)COC(=O)CCNS(=O)(=O)c2ccc(C)cc2)cc1. The van der Waals surface area contributed by atoms with Gasteiger partial charge in [-0.2, -0.15) is 0 Å². The van der Waals surface area contributed by atoms with Crippen molar-refractivity contribution < 1.29 is 27.5 Å². The first-order chi connectivity index (χ1) is 14.7. The van der Waals surface area contributed by atoms with Gasteiger partial charge in [0.05, 0.1) is 11.3 Å². The Balaban J connectivity index is 1.76. The molecule has 0 spiro atoms. The summed E-state index contributed by atoms with van der Waals surface area (Å²) in [7, 11) is -3.72. The maximum Gasteiger partial charge on any atom is 0.307 e. The zero-order valence-electron chi connectivity index (χ0n) is 17.5. The number of hydrogen-bond donors (Lipinski definition) is 2.